The number of hydrogen-bond donors (Lipinski definition) is 1. The third-order valence-corrected chi connectivity index (χ3v) is 3.00. The Kier molecular flexibility index (Phi) is 3.86. The van der Waals surface area contributed by atoms with E-state index in [1.807, 2.05) is 7.05 Å². The summed E-state index contributed by atoms with van der Waals surface area (Å²) >= 11 is 3.33. The summed E-state index contributed by atoms with van der Waals surface area (Å²) in [5.74, 6) is 0.487. The van der Waals surface area contributed by atoms with Crippen molar-refractivity contribution in [3.8, 4) is 0 Å². The van der Waals surface area contributed by atoms with Crippen molar-refractivity contribution in [3.05, 3.63) is 46.2 Å². The van der Waals surface area contributed by atoms with Gasteiger partial charge in [0.05, 0.1) is 13.1 Å². The van der Waals surface area contributed by atoms with E-state index in [1.165, 1.54) is 12.1 Å². The number of benzene rings is 1. The lowest BCUT2D eigenvalue weighted by atomic mass is 10.2. The van der Waals surface area contributed by atoms with E-state index < -0.39 is 0 Å². The minimum absolute atomic E-state index is 0.255. The van der Waals surface area contributed by atoms with E-state index in [0.29, 0.717) is 13.1 Å². The fraction of sp³-hybridized carbons (Fsp3) is 0.273. The van der Waals surface area contributed by atoms with E-state index in [1.54, 1.807) is 17.1 Å². The van der Waals surface area contributed by atoms with Gasteiger partial charge < -0.3 is 5.32 Å². The molecule has 0 bridgehead atoms. The van der Waals surface area contributed by atoms with Crippen LogP contribution in [0, 0.1) is 5.82 Å². The lowest BCUT2D eigenvalue weighted by molar-refractivity contribution is 0.621. The first-order chi connectivity index (χ1) is 8.19. The molecule has 1 N–H and O–H groups in total. The highest BCUT2D eigenvalue weighted by Crippen LogP contribution is 2.18. The predicted molar refractivity (Wildman–Crippen MR) is 66.0 cm³/mol. The van der Waals surface area contributed by atoms with Crippen molar-refractivity contribution in [2.75, 3.05) is 7.05 Å². The summed E-state index contributed by atoms with van der Waals surface area (Å²) in [6.45, 7) is 1.20. The third-order valence-electron chi connectivity index (χ3n) is 2.27. The summed E-state index contributed by atoms with van der Waals surface area (Å²) in [6.07, 6.45) is 1.67. The van der Waals surface area contributed by atoms with Crippen LogP contribution in [0.4, 0.5) is 4.39 Å². The second-order valence-corrected chi connectivity index (χ2v) is 4.48. The zero-order chi connectivity index (χ0) is 12.3. The summed E-state index contributed by atoms with van der Waals surface area (Å²) in [5, 5.41) is 7.27. The maximum Gasteiger partial charge on any atom is 0.164 e. The standard InChI is InChI=1S/C11H12BrFN4/c1-14-5-11-15-7-17(16-11)6-8-2-3-9(13)4-10(8)12/h2-4,7,14H,5-6H2,1H3. The Morgan fingerprint density at radius 1 is 1.47 bits per heavy atom. The second-order valence-electron chi connectivity index (χ2n) is 3.62. The molecule has 0 saturated heterocycles. The first-order valence-electron chi connectivity index (χ1n) is 5.16. The van der Waals surface area contributed by atoms with Crippen LogP contribution in [0.2, 0.25) is 0 Å². The van der Waals surface area contributed by atoms with Gasteiger partial charge in [0, 0.05) is 4.47 Å². The number of halogens is 2. The molecule has 0 saturated carbocycles. The largest absolute Gasteiger partial charge is 0.313 e. The van der Waals surface area contributed by atoms with Crippen LogP contribution in [-0.4, -0.2) is 21.8 Å². The molecule has 2 rings (SSSR count). The van der Waals surface area contributed by atoms with Gasteiger partial charge in [0.15, 0.2) is 5.82 Å². The SMILES string of the molecule is CNCc1ncn(Cc2ccc(F)cc2Br)n1. The van der Waals surface area contributed by atoms with Crippen LogP contribution in [0.1, 0.15) is 11.4 Å². The fourth-order valence-electron chi connectivity index (χ4n) is 1.47. The molecule has 0 atom stereocenters. The van der Waals surface area contributed by atoms with Crippen LogP contribution in [0.5, 0.6) is 0 Å². The van der Waals surface area contributed by atoms with E-state index in [9.17, 15) is 4.39 Å². The Bertz CT molecular complexity index is 512. The first kappa shape index (κ1) is 12.2. The van der Waals surface area contributed by atoms with Crippen LogP contribution >= 0.6 is 15.9 Å². The maximum absolute atomic E-state index is 12.9. The number of nitrogens with zero attached hydrogens (tertiary/aromatic N) is 3. The number of hydrogen-bond acceptors (Lipinski definition) is 3. The molecule has 6 heteroatoms. The lowest BCUT2D eigenvalue weighted by Gasteiger charge is -2.04. The third kappa shape index (κ3) is 3.10. The summed E-state index contributed by atoms with van der Waals surface area (Å²) in [6, 6.07) is 4.62. The zero-order valence-corrected chi connectivity index (χ0v) is 10.9. The summed E-state index contributed by atoms with van der Waals surface area (Å²) in [7, 11) is 1.84. The fourth-order valence-corrected chi connectivity index (χ4v) is 1.95. The quantitative estimate of drug-likeness (QED) is 0.938. The first-order valence-corrected chi connectivity index (χ1v) is 5.95. The van der Waals surface area contributed by atoms with Crippen LogP contribution in [-0.2, 0) is 13.1 Å². The molecule has 0 aliphatic heterocycles. The molecule has 0 radical (unpaired) electrons. The monoisotopic (exact) mass is 298 g/mol. The Balaban J connectivity index is 2.13. The molecule has 17 heavy (non-hydrogen) atoms. The molecular weight excluding hydrogens is 287 g/mol. The normalized spacial score (nSPS) is 10.8. The number of aromatic nitrogens is 3. The van der Waals surface area contributed by atoms with Gasteiger partial charge in [-0.15, -0.1) is 0 Å². The molecular formula is C11H12BrFN4. The summed E-state index contributed by atoms with van der Waals surface area (Å²) < 4.78 is 15.4. The molecule has 0 fully saturated rings. The average Bonchev–Trinajstić information content (AvgIpc) is 2.71. The Morgan fingerprint density at radius 3 is 3.00 bits per heavy atom. The van der Waals surface area contributed by atoms with Gasteiger partial charge in [-0.3, -0.25) is 0 Å². The van der Waals surface area contributed by atoms with E-state index in [0.717, 1.165) is 15.9 Å². The topological polar surface area (TPSA) is 42.7 Å². The Hall–Kier alpha value is -1.27. The smallest absolute Gasteiger partial charge is 0.164 e. The van der Waals surface area contributed by atoms with Gasteiger partial charge in [-0.05, 0) is 24.7 Å². The molecule has 1 aromatic carbocycles. The van der Waals surface area contributed by atoms with Gasteiger partial charge in [-0.25, -0.2) is 14.1 Å². The van der Waals surface area contributed by atoms with E-state index in [4.69, 9.17) is 0 Å². The molecule has 1 aromatic heterocycles. The van der Waals surface area contributed by atoms with Crippen molar-refractivity contribution in [2.24, 2.45) is 0 Å². The highest BCUT2D eigenvalue weighted by Gasteiger charge is 2.04. The van der Waals surface area contributed by atoms with Gasteiger partial charge in [-0.2, -0.15) is 5.10 Å². The minimum Gasteiger partial charge on any atom is -0.313 e. The zero-order valence-electron chi connectivity index (χ0n) is 9.32. The maximum atomic E-state index is 12.9. The Morgan fingerprint density at radius 2 is 2.29 bits per heavy atom. The molecule has 0 aliphatic rings. The minimum atomic E-state index is -0.255. The van der Waals surface area contributed by atoms with E-state index >= 15 is 0 Å². The second kappa shape index (κ2) is 5.37. The molecule has 0 spiro atoms. The molecule has 1 heterocycles. The van der Waals surface area contributed by atoms with Gasteiger partial charge in [0.1, 0.15) is 12.1 Å². The highest BCUT2D eigenvalue weighted by atomic mass is 79.9. The number of rotatable bonds is 4. The van der Waals surface area contributed by atoms with Gasteiger partial charge in [0.25, 0.3) is 0 Å². The van der Waals surface area contributed by atoms with E-state index in [-0.39, 0.29) is 5.82 Å². The van der Waals surface area contributed by atoms with Gasteiger partial charge in [0.2, 0.25) is 0 Å². The van der Waals surface area contributed by atoms with E-state index in [2.05, 4.69) is 31.3 Å². The molecule has 0 amide bonds. The van der Waals surface area contributed by atoms with Crippen LogP contribution in [0.25, 0.3) is 0 Å². The summed E-state index contributed by atoms with van der Waals surface area (Å²) in [4.78, 5) is 4.15. The molecule has 90 valence electrons. The molecule has 0 aliphatic carbocycles. The van der Waals surface area contributed by atoms with Crippen LogP contribution < -0.4 is 5.32 Å². The van der Waals surface area contributed by atoms with Crippen molar-refractivity contribution in [1.29, 1.82) is 0 Å². The van der Waals surface area contributed by atoms with Crippen molar-refractivity contribution < 1.29 is 4.39 Å². The average molecular weight is 299 g/mol. The van der Waals surface area contributed by atoms with Gasteiger partial charge >= 0.3 is 0 Å². The number of nitrogens with one attached hydrogen (secondary N) is 1. The van der Waals surface area contributed by atoms with Gasteiger partial charge in [-0.1, -0.05) is 22.0 Å². The van der Waals surface area contributed by atoms with Crippen molar-refractivity contribution in [3.63, 3.8) is 0 Å². The summed E-state index contributed by atoms with van der Waals surface area (Å²) in [5.41, 5.74) is 0.965. The lowest BCUT2D eigenvalue weighted by Crippen LogP contribution is -2.08. The molecule has 2 aromatic rings. The highest BCUT2D eigenvalue weighted by molar-refractivity contribution is 9.10. The van der Waals surface area contributed by atoms with Crippen LogP contribution in [0.3, 0.4) is 0 Å². The molecule has 4 nitrogen and oxygen atoms in total. The molecule has 0 unspecified atom stereocenters. The van der Waals surface area contributed by atoms with Crippen molar-refractivity contribution in [1.82, 2.24) is 20.1 Å². The Labute approximate surface area is 107 Å². The van der Waals surface area contributed by atoms with Crippen molar-refractivity contribution in [2.45, 2.75) is 13.1 Å². The van der Waals surface area contributed by atoms with Crippen LogP contribution in [0.15, 0.2) is 29.0 Å². The van der Waals surface area contributed by atoms with Crippen molar-refractivity contribution >= 4 is 15.9 Å². The predicted octanol–water partition coefficient (Wildman–Crippen LogP) is 1.95.